The zero-order valence-electron chi connectivity index (χ0n) is 10.4. The molecule has 2 aromatic rings. The molecule has 0 aliphatic carbocycles. The molecule has 0 saturated carbocycles. The van der Waals surface area contributed by atoms with Crippen LogP contribution >= 0.6 is 23.6 Å². The second-order valence-corrected chi connectivity index (χ2v) is 7.50. The van der Waals surface area contributed by atoms with Gasteiger partial charge in [0.05, 0.1) is 10.6 Å². The van der Waals surface area contributed by atoms with Gasteiger partial charge in [-0.05, 0) is 36.8 Å². The molecule has 1 heterocycles. The summed E-state index contributed by atoms with van der Waals surface area (Å²) < 4.78 is 40.1. The van der Waals surface area contributed by atoms with Gasteiger partial charge in [0.25, 0.3) is 10.0 Å². The highest BCUT2D eigenvalue weighted by atomic mass is 32.2. The van der Waals surface area contributed by atoms with Crippen LogP contribution in [-0.2, 0) is 10.0 Å². The first kappa shape index (κ1) is 14.9. The predicted molar refractivity (Wildman–Crippen MR) is 82.2 cm³/mol. The van der Waals surface area contributed by atoms with Crippen molar-refractivity contribution < 1.29 is 12.8 Å². The van der Waals surface area contributed by atoms with Crippen molar-refractivity contribution in [1.29, 1.82) is 0 Å². The fourth-order valence-electron chi connectivity index (χ4n) is 1.49. The number of hydrogen-bond donors (Lipinski definition) is 2. The Morgan fingerprint density at radius 2 is 2.05 bits per heavy atom. The fourth-order valence-corrected chi connectivity index (χ4v) is 3.91. The average Bonchev–Trinajstić information content (AvgIpc) is 2.83. The van der Waals surface area contributed by atoms with E-state index in [2.05, 4.69) is 4.72 Å². The number of rotatable bonds is 4. The van der Waals surface area contributed by atoms with E-state index in [0.717, 1.165) is 11.3 Å². The third kappa shape index (κ3) is 3.14. The first-order chi connectivity index (χ1) is 9.29. The minimum Gasteiger partial charge on any atom is -0.389 e. The van der Waals surface area contributed by atoms with E-state index in [1.54, 1.807) is 13.0 Å². The van der Waals surface area contributed by atoms with E-state index in [9.17, 15) is 12.8 Å². The molecule has 0 saturated heterocycles. The van der Waals surface area contributed by atoms with E-state index < -0.39 is 15.8 Å². The molecular weight excluding hydrogens is 319 g/mol. The van der Waals surface area contributed by atoms with Crippen LogP contribution in [0.5, 0.6) is 0 Å². The summed E-state index contributed by atoms with van der Waals surface area (Å²) in [6.45, 7) is 1.72. The molecule has 0 radical (unpaired) electrons. The number of benzene rings is 1. The molecule has 0 spiro atoms. The van der Waals surface area contributed by atoms with Crippen molar-refractivity contribution >= 4 is 44.3 Å². The molecule has 0 aliphatic rings. The maximum Gasteiger partial charge on any atom is 0.271 e. The standard InChI is InChI=1S/C12H11FN2O2S3/c1-7-2-3-9(8(13)6-7)15-20(16,17)11-5-4-10(19-11)12(14)18/h2-6,15H,1H3,(H2,14,18). The lowest BCUT2D eigenvalue weighted by atomic mass is 10.2. The van der Waals surface area contributed by atoms with Crippen LogP contribution in [0.4, 0.5) is 10.1 Å². The summed E-state index contributed by atoms with van der Waals surface area (Å²) >= 11 is 5.71. The number of thiophene rings is 1. The van der Waals surface area contributed by atoms with E-state index in [-0.39, 0.29) is 14.9 Å². The quantitative estimate of drug-likeness (QED) is 0.845. The Morgan fingerprint density at radius 3 is 2.60 bits per heavy atom. The molecule has 1 aromatic carbocycles. The molecule has 0 aliphatic heterocycles. The Balaban J connectivity index is 2.33. The summed E-state index contributed by atoms with van der Waals surface area (Å²) in [6, 6.07) is 7.16. The molecule has 2 rings (SSSR count). The van der Waals surface area contributed by atoms with Crippen molar-refractivity contribution in [2.45, 2.75) is 11.1 Å². The normalized spacial score (nSPS) is 11.3. The highest BCUT2D eigenvalue weighted by Crippen LogP contribution is 2.25. The lowest BCUT2D eigenvalue weighted by molar-refractivity contribution is 0.600. The largest absolute Gasteiger partial charge is 0.389 e. The van der Waals surface area contributed by atoms with Gasteiger partial charge in [-0.3, -0.25) is 4.72 Å². The molecule has 0 fully saturated rings. The molecular formula is C12H11FN2O2S3. The Hall–Kier alpha value is -1.51. The number of nitrogens with one attached hydrogen (secondary N) is 1. The minimum absolute atomic E-state index is 0.0280. The van der Waals surface area contributed by atoms with Gasteiger partial charge in [0.15, 0.2) is 0 Å². The number of aryl methyl sites for hydroxylation is 1. The number of hydrogen-bond acceptors (Lipinski definition) is 4. The van der Waals surface area contributed by atoms with Crippen LogP contribution in [0, 0.1) is 12.7 Å². The maximum absolute atomic E-state index is 13.7. The van der Waals surface area contributed by atoms with Crippen molar-refractivity contribution in [2.24, 2.45) is 5.73 Å². The van der Waals surface area contributed by atoms with Gasteiger partial charge < -0.3 is 5.73 Å². The number of sulfonamides is 1. The van der Waals surface area contributed by atoms with E-state index >= 15 is 0 Å². The van der Waals surface area contributed by atoms with Crippen LogP contribution < -0.4 is 10.5 Å². The van der Waals surface area contributed by atoms with Crippen molar-refractivity contribution in [2.75, 3.05) is 4.72 Å². The van der Waals surface area contributed by atoms with Gasteiger partial charge in [-0.1, -0.05) is 18.3 Å². The Morgan fingerprint density at radius 1 is 1.35 bits per heavy atom. The van der Waals surface area contributed by atoms with E-state index in [4.69, 9.17) is 18.0 Å². The zero-order chi connectivity index (χ0) is 14.9. The zero-order valence-corrected chi connectivity index (χ0v) is 12.8. The van der Waals surface area contributed by atoms with E-state index in [1.165, 1.54) is 24.3 Å². The van der Waals surface area contributed by atoms with Crippen LogP contribution in [0.2, 0.25) is 0 Å². The summed E-state index contributed by atoms with van der Waals surface area (Å²) in [5, 5.41) is 0. The predicted octanol–water partition coefficient (Wildman–Crippen LogP) is 2.63. The Labute approximate surface area is 125 Å². The molecule has 0 amide bonds. The third-order valence-electron chi connectivity index (χ3n) is 2.46. The summed E-state index contributed by atoms with van der Waals surface area (Å²) in [6.07, 6.45) is 0. The van der Waals surface area contributed by atoms with E-state index in [0.29, 0.717) is 10.4 Å². The van der Waals surface area contributed by atoms with Gasteiger partial charge in [0.2, 0.25) is 0 Å². The topological polar surface area (TPSA) is 72.2 Å². The maximum atomic E-state index is 13.7. The second kappa shape index (κ2) is 5.47. The van der Waals surface area contributed by atoms with Crippen LogP contribution in [0.25, 0.3) is 0 Å². The van der Waals surface area contributed by atoms with Gasteiger partial charge in [-0.2, -0.15) is 0 Å². The SMILES string of the molecule is Cc1ccc(NS(=O)(=O)c2ccc(C(N)=S)s2)c(F)c1. The molecule has 1 aromatic heterocycles. The smallest absolute Gasteiger partial charge is 0.271 e. The molecule has 8 heteroatoms. The van der Waals surface area contributed by atoms with Crippen molar-refractivity contribution in [3.63, 3.8) is 0 Å². The lowest BCUT2D eigenvalue weighted by Gasteiger charge is -2.07. The number of nitrogens with two attached hydrogens (primary N) is 1. The monoisotopic (exact) mass is 330 g/mol. The molecule has 20 heavy (non-hydrogen) atoms. The lowest BCUT2D eigenvalue weighted by Crippen LogP contribution is -2.12. The second-order valence-electron chi connectivity index (χ2n) is 4.07. The number of thiocarbonyl (C=S) groups is 1. The molecule has 0 bridgehead atoms. The van der Waals surface area contributed by atoms with Crippen molar-refractivity contribution in [1.82, 2.24) is 0 Å². The van der Waals surface area contributed by atoms with Crippen LogP contribution in [0.1, 0.15) is 10.4 Å². The van der Waals surface area contributed by atoms with Gasteiger partial charge in [-0.25, -0.2) is 12.8 Å². The molecule has 4 nitrogen and oxygen atoms in total. The van der Waals surface area contributed by atoms with Gasteiger partial charge in [-0.15, -0.1) is 11.3 Å². The molecule has 0 unspecified atom stereocenters. The Bertz CT molecular complexity index is 769. The number of anilines is 1. The van der Waals surface area contributed by atoms with Crippen LogP contribution in [0.3, 0.4) is 0 Å². The fraction of sp³-hybridized carbons (Fsp3) is 0.0833. The van der Waals surface area contributed by atoms with Crippen LogP contribution in [-0.4, -0.2) is 13.4 Å². The molecule has 3 N–H and O–H groups in total. The molecule has 0 atom stereocenters. The van der Waals surface area contributed by atoms with E-state index in [1.807, 2.05) is 0 Å². The van der Waals surface area contributed by atoms with Crippen LogP contribution in [0.15, 0.2) is 34.5 Å². The summed E-state index contributed by atoms with van der Waals surface area (Å²) in [7, 11) is -3.85. The minimum atomic E-state index is -3.85. The van der Waals surface area contributed by atoms with Gasteiger partial charge in [0, 0.05) is 0 Å². The highest BCUT2D eigenvalue weighted by molar-refractivity contribution is 7.94. The first-order valence-electron chi connectivity index (χ1n) is 5.48. The highest BCUT2D eigenvalue weighted by Gasteiger charge is 2.19. The third-order valence-corrected chi connectivity index (χ3v) is 5.78. The summed E-state index contributed by atoms with van der Waals surface area (Å²) in [5.41, 5.74) is 6.04. The van der Waals surface area contributed by atoms with Crippen molar-refractivity contribution in [3.05, 3.63) is 46.6 Å². The first-order valence-corrected chi connectivity index (χ1v) is 8.19. The Kier molecular flexibility index (Phi) is 4.07. The van der Waals surface area contributed by atoms with Crippen molar-refractivity contribution in [3.8, 4) is 0 Å². The number of halogens is 1. The summed E-state index contributed by atoms with van der Waals surface area (Å²) in [4.78, 5) is 0.614. The van der Waals surface area contributed by atoms with Gasteiger partial charge in [0.1, 0.15) is 15.0 Å². The summed E-state index contributed by atoms with van der Waals surface area (Å²) in [5.74, 6) is -0.625. The molecule has 106 valence electrons. The average molecular weight is 330 g/mol. The van der Waals surface area contributed by atoms with Gasteiger partial charge >= 0.3 is 0 Å².